The van der Waals surface area contributed by atoms with E-state index in [1.54, 1.807) is 23.1 Å². The molecule has 4 rings (SSSR count). The molecule has 1 aliphatic carbocycles. The number of imide groups is 1. The molecule has 3 fully saturated rings. The van der Waals surface area contributed by atoms with Crippen LogP contribution in [0.3, 0.4) is 0 Å². The van der Waals surface area contributed by atoms with Gasteiger partial charge in [0.2, 0.25) is 5.91 Å². The third-order valence-corrected chi connectivity index (χ3v) is 7.00. The van der Waals surface area contributed by atoms with Gasteiger partial charge in [-0.1, -0.05) is 11.6 Å². The van der Waals surface area contributed by atoms with Gasteiger partial charge in [-0.3, -0.25) is 24.6 Å². The first kappa shape index (κ1) is 23.5. The lowest BCUT2D eigenvalue weighted by Gasteiger charge is -2.35. The zero-order valence-electron chi connectivity index (χ0n) is 18.3. The zero-order chi connectivity index (χ0) is 23.5. The average Bonchev–Trinajstić information content (AvgIpc) is 2.80. The van der Waals surface area contributed by atoms with Crippen molar-refractivity contribution in [3.8, 4) is 0 Å². The number of benzene rings is 1. The maximum atomic E-state index is 13.1. The van der Waals surface area contributed by atoms with Crippen molar-refractivity contribution in [3.63, 3.8) is 0 Å². The molecule has 1 saturated carbocycles. The van der Waals surface area contributed by atoms with Gasteiger partial charge in [-0.15, -0.1) is 0 Å². The predicted octanol–water partition coefficient (Wildman–Crippen LogP) is 3.05. The number of nitrogens with zero attached hydrogens (tertiary/aromatic N) is 2. The molecule has 0 spiro atoms. The van der Waals surface area contributed by atoms with Crippen LogP contribution in [0.15, 0.2) is 18.2 Å². The number of urea groups is 1. The molecule has 0 bridgehead atoms. The van der Waals surface area contributed by atoms with Crippen LogP contribution < -0.4 is 10.2 Å². The number of carboxylic acids is 1. The minimum atomic E-state index is -0.722. The number of aliphatic carboxylic acids is 1. The van der Waals surface area contributed by atoms with E-state index in [0.29, 0.717) is 42.2 Å². The molecular weight excluding hydrogens is 450 g/mol. The number of nitrogens with one attached hydrogen (secondary N) is 1. The van der Waals surface area contributed by atoms with Crippen molar-refractivity contribution in [2.75, 3.05) is 24.5 Å². The molecule has 2 N–H and O–H groups in total. The second kappa shape index (κ2) is 10.1. The van der Waals surface area contributed by atoms with Gasteiger partial charge >= 0.3 is 12.0 Å². The molecule has 3 aliphatic rings. The minimum Gasteiger partial charge on any atom is -0.481 e. The van der Waals surface area contributed by atoms with E-state index in [9.17, 15) is 19.2 Å². The van der Waals surface area contributed by atoms with Crippen molar-refractivity contribution in [2.45, 2.75) is 57.2 Å². The number of anilines is 1. The quantitative estimate of drug-likeness (QED) is 0.673. The average molecular weight is 478 g/mol. The van der Waals surface area contributed by atoms with Gasteiger partial charge < -0.3 is 14.7 Å². The van der Waals surface area contributed by atoms with Crippen LogP contribution in [0.2, 0.25) is 5.02 Å². The number of carbonyl (C=O) groups is 4. The summed E-state index contributed by atoms with van der Waals surface area (Å²) in [7, 11) is 0. The van der Waals surface area contributed by atoms with Crippen molar-refractivity contribution in [2.24, 2.45) is 5.92 Å². The van der Waals surface area contributed by atoms with Crippen molar-refractivity contribution < 1.29 is 29.0 Å². The lowest BCUT2D eigenvalue weighted by molar-refractivity contribution is -0.144. The number of rotatable bonds is 5. The van der Waals surface area contributed by atoms with Crippen LogP contribution in [-0.4, -0.2) is 65.7 Å². The van der Waals surface area contributed by atoms with E-state index >= 15 is 0 Å². The van der Waals surface area contributed by atoms with Gasteiger partial charge in [-0.25, -0.2) is 4.79 Å². The highest BCUT2D eigenvalue weighted by Gasteiger charge is 2.31. The first-order chi connectivity index (χ1) is 15.8. The summed E-state index contributed by atoms with van der Waals surface area (Å²) in [5.74, 6) is -1.45. The molecule has 4 amide bonds. The summed E-state index contributed by atoms with van der Waals surface area (Å²) in [5.41, 5.74) is 0.841. The number of halogens is 1. The summed E-state index contributed by atoms with van der Waals surface area (Å²) in [4.78, 5) is 51.0. The van der Waals surface area contributed by atoms with Crippen LogP contribution in [0.4, 0.5) is 10.5 Å². The molecule has 10 heteroatoms. The number of hydrogen-bond acceptors (Lipinski definition) is 5. The van der Waals surface area contributed by atoms with Crippen molar-refractivity contribution in [3.05, 3.63) is 28.8 Å². The van der Waals surface area contributed by atoms with Crippen molar-refractivity contribution >= 4 is 41.1 Å². The number of piperidine rings is 1. The monoisotopic (exact) mass is 477 g/mol. The molecule has 0 unspecified atom stereocenters. The van der Waals surface area contributed by atoms with Gasteiger partial charge in [-0.05, 0) is 56.7 Å². The lowest BCUT2D eigenvalue weighted by atomic mass is 9.87. The maximum Gasteiger partial charge on any atom is 0.328 e. The molecule has 1 aromatic rings. The Labute approximate surface area is 197 Å². The van der Waals surface area contributed by atoms with Gasteiger partial charge in [0.1, 0.15) is 0 Å². The molecule has 0 atom stereocenters. The summed E-state index contributed by atoms with van der Waals surface area (Å²) in [5, 5.41) is 11.7. The third kappa shape index (κ3) is 5.47. The number of likely N-dealkylation sites (tertiary alicyclic amines) is 1. The maximum absolute atomic E-state index is 13.1. The first-order valence-electron chi connectivity index (χ1n) is 11.4. The minimum absolute atomic E-state index is 0.0655. The molecule has 0 radical (unpaired) electrons. The highest BCUT2D eigenvalue weighted by atomic mass is 35.5. The van der Waals surface area contributed by atoms with E-state index in [1.807, 2.05) is 0 Å². The molecule has 33 heavy (non-hydrogen) atoms. The molecule has 2 saturated heterocycles. The van der Waals surface area contributed by atoms with E-state index in [1.165, 1.54) is 4.90 Å². The molecular formula is C23H28ClN3O6. The number of carboxylic acid groups (broad SMARTS) is 1. The van der Waals surface area contributed by atoms with Crippen LogP contribution >= 0.6 is 11.6 Å². The first-order valence-corrected chi connectivity index (χ1v) is 11.8. The molecule has 178 valence electrons. The van der Waals surface area contributed by atoms with Gasteiger partial charge in [-0.2, -0.15) is 0 Å². The Kier molecular flexibility index (Phi) is 7.19. The second-order valence-electron chi connectivity index (χ2n) is 8.86. The van der Waals surface area contributed by atoms with Gasteiger partial charge in [0.05, 0.1) is 28.8 Å². The van der Waals surface area contributed by atoms with E-state index in [0.717, 1.165) is 25.7 Å². The summed E-state index contributed by atoms with van der Waals surface area (Å²) in [6.45, 7) is 1.33. The van der Waals surface area contributed by atoms with E-state index in [4.69, 9.17) is 21.4 Å². The van der Waals surface area contributed by atoms with Crippen LogP contribution in [0.5, 0.6) is 0 Å². The fraction of sp³-hybridized carbons (Fsp3) is 0.565. The van der Waals surface area contributed by atoms with Crippen molar-refractivity contribution in [1.29, 1.82) is 0 Å². The highest BCUT2D eigenvalue weighted by Crippen LogP contribution is 2.31. The summed E-state index contributed by atoms with van der Waals surface area (Å²) >= 11 is 6.28. The zero-order valence-corrected chi connectivity index (χ0v) is 19.1. The summed E-state index contributed by atoms with van der Waals surface area (Å²) in [6.07, 6.45) is 4.61. The normalized spacial score (nSPS) is 24.5. The van der Waals surface area contributed by atoms with Crippen LogP contribution in [0, 0.1) is 5.92 Å². The fourth-order valence-electron chi connectivity index (χ4n) is 4.74. The SMILES string of the molecule is O=C1CCN(c2cc(C(=O)N3CCC(OC4CCC(C(=O)O)CC4)CC3)ccc2Cl)C(=O)N1. The predicted molar refractivity (Wildman–Crippen MR) is 120 cm³/mol. The van der Waals surface area contributed by atoms with Gasteiger partial charge in [0.15, 0.2) is 0 Å². The summed E-state index contributed by atoms with van der Waals surface area (Å²) in [6, 6.07) is 4.29. The van der Waals surface area contributed by atoms with Crippen molar-refractivity contribution in [1.82, 2.24) is 10.2 Å². The Morgan fingerprint density at radius 1 is 1.00 bits per heavy atom. The molecule has 2 heterocycles. The van der Waals surface area contributed by atoms with E-state index in [2.05, 4.69) is 5.32 Å². The largest absolute Gasteiger partial charge is 0.481 e. The molecule has 0 aromatic heterocycles. The number of ether oxygens (including phenoxy) is 1. The van der Waals surface area contributed by atoms with E-state index in [-0.39, 0.29) is 42.9 Å². The number of amides is 4. The molecule has 2 aliphatic heterocycles. The Hall–Kier alpha value is -2.65. The lowest BCUT2D eigenvalue weighted by Crippen LogP contribution is -2.49. The standard InChI is InChI=1S/C23H28ClN3O6/c24-18-6-3-15(13-19(18)27-12-9-20(28)25-23(27)32)21(29)26-10-7-17(8-11-26)33-16-4-1-14(2-5-16)22(30)31/h3,6,13-14,16-17H,1-2,4-5,7-12H2,(H,30,31)(H,25,28,32). The smallest absolute Gasteiger partial charge is 0.328 e. The van der Waals surface area contributed by atoms with Crippen LogP contribution in [-0.2, 0) is 14.3 Å². The second-order valence-corrected chi connectivity index (χ2v) is 9.27. The Bertz CT molecular complexity index is 938. The van der Waals surface area contributed by atoms with E-state index < -0.39 is 12.0 Å². The Balaban J connectivity index is 1.32. The van der Waals surface area contributed by atoms with Gasteiger partial charge in [0, 0.05) is 31.6 Å². The number of hydrogen-bond donors (Lipinski definition) is 2. The topological polar surface area (TPSA) is 116 Å². The van der Waals surface area contributed by atoms with Crippen LogP contribution in [0.25, 0.3) is 0 Å². The Morgan fingerprint density at radius 2 is 1.67 bits per heavy atom. The fourth-order valence-corrected chi connectivity index (χ4v) is 4.96. The third-order valence-electron chi connectivity index (χ3n) is 6.68. The Morgan fingerprint density at radius 3 is 2.30 bits per heavy atom. The molecule has 1 aromatic carbocycles. The summed E-state index contributed by atoms with van der Waals surface area (Å²) < 4.78 is 6.20. The highest BCUT2D eigenvalue weighted by molar-refractivity contribution is 6.34. The van der Waals surface area contributed by atoms with Crippen LogP contribution in [0.1, 0.15) is 55.3 Å². The van der Waals surface area contributed by atoms with Gasteiger partial charge in [0.25, 0.3) is 5.91 Å². The number of carbonyl (C=O) groups excluding carboxylic acids is 3. The molecule has 9 nitrogen and oxygen atoms in total.